The fraction of sp³-hybridized carbons (Fsp3) is 0.167. The maximum atomic E-state index is 11.3. The lowest BCUT2D eigenvalue weighted by Crippen LogP contribution is -2.05. The van der Waals surface area contributed by atoms with Crippen molar-refractivity contribution in [1.29, 1.82) is 0 Å². The van der Waals surface area contributed by atoms with E-state index in [0.29, 0.717) is 11.1 Å². The van der Waals surface area contributed by atoms with Gasteiger partial charge in [0.05, 0.1) is 12.7 Å². The van der Waals surface area contributed by atoms with Crippen molar-refractivity contribution in [3.05, 3.63) is 47.5 Å². The van der Waals surface area contributed by atoms with Crippen LogP contribution in [0.1, 0.15) is 26.3 Å². The van der Waals surface area contributed by atoms with Crippen molar-refractivity contribution < 1.29 is 14.3 Å². The Labute approximate surface area is 88.4 Å². The average molecular weight is 204 g/mol. The summed E-state index contributed by atoms with van der Waals surface area (Å²) >= 11 is 0. The summed E-state index contributed by atoms with van der Waals surface area (Å²) in [5, 5.41) is 0. The van der Waals surface area contributed by atoms with E-state index in [4.69, 9.17) is 0 Å². The van der Waals surface area contributed by atoms with Crippen molar-refractivity contribution in [3.63, 3.8) is 0 Å². The van der Waals surface area contributed by atoms with Gasteiger partial charge in [-0.15, -0.1) is 0 Å². The standard InChI is InChI=1S/C12H12O3/c1-4-11(13)9-5-6-10(8(2)7-9)12(14)15-3/h4-7H,1H2,2-3H3. The van der Waals surface area contributed by atoms with Crippen LogP contribution in [0.2, 0.25) is 0 Å². The Morgan fingerprint density at radius 3 is 2.53 bits per heavy atom. The smallest absolute Gasteiger partial charge is 0.338 e. The van der Waals surface area contributed by atoms with E-state index in [0.717, 1.165) is 5.56 Å². The number of methoxy groups -OCH3 is 1. The van der Waals surface area contributed by atoms with E-state index < -0.39 is 5.97 Å². The molecule has 0 aliphatic carbocycles. The number of hydrogen-bond acceptors (Lipinski definition) is 3. The third-order valence-corrected chi connectivity index (χ3v) is 2.10. The van der Waals surface area contributed by atoms with E-state index in [9.17, 15) is 9.59 Å². The number of carbonyl (C=O) groups excluding carboxylic acids is 2. The molecule has 0 amide bonds. The van der Waals surface area contributed by atoms with Crippen LogP contribution in [0.5, 0.6) is 0 Å². The number of carbonyl (C=O) groups is 2. The van der Waals surface area contributed by atoms with Crippen LogP contribution in [-0.2, 0) is 4.74 Å². The minimum atomic E-state index is -0.398. The topological polar surface area (TPSA) is 43.4 Å². The molecule has 0 unspecified atom stereocenters. The van der Waals surface area contributed by atoms with Crippen LogP contribution in [0.25, 0.3) is 0 Å². The molecule has 0 bridgehead atoms. The normalized spacial score (nSPS) is 9.47. The van der Waals surface area contributed by atoms with Gasteiger partial charge in [-0.1, -0.05) is 12.6 Å². The van der Waals surface area contributed by atoms with Crippen LogP contribution in [0.4, 0.5) is 0 Å². The summed E-state index contributed by atoms with van der Waals surface area (Å²) in [6.07, 6.45) is 1.24. The van der Waals surface area contributed by atoms with Crippen LogP contribution >= 0.6 is 0 Å². The van der Waals surface area contributed by atoms with E-state index in [-0.39, 0.29) is 5.78 Å². The molecule has 0 saturated carbocycles. The summed E-state index contributed by atoms with van der Waals surface area (Å²) in [5.74, 6) is -0.556. The molecule has 0 saturated heterocycles. The number of ketones is 1. The summed E-state index contributed by atoms with van der Waals surface area (Å²) in [4.78, 5) is 22.5. The maximum Gasteiger partial charge on any atom is 0.338 e. The highest BCUT2D eigenvalue weighted by atomic mass is 16.5. The second-order valence-electron chi connectivity index (χ2n) is 3.09. The Morgan fingerprint density at radius 1 is 1.40 bits per heavy atom. The number of ether oxygens (including phenoxy) is 1. The molecule has 78 valence electrons. The summed E-state index contributed by atoms with van der Waals surface area (Å²) in [7, 11) is 1.32. The minimum Gasteiger partial charge on any atom is -0.465 e. The molecule has 1 aromatic carbocycles. The molecular weight excluding hydrogens is 192 g/mol. The van der Waals surface area contributed by atoms with E-state index in [1.165, 1.54) is 13.2 Å². The van der Waals surface area contributed by atoms with Crippen LogP contribution in [0, 0.1) is 6.92 Å². The Balaban J connectivity index is 3.13. The molecule has 0 radical (unpaired) electrons. The van der Waals surface area contributed by atoms with Gasteiger partial charge in [0.2, 0.25) is 0 Å². The quantitative estimate of drug-likeness (QED) is 0.430. The van der Waals surface area contributed by atoms with Gasteiger partial charge in [-0.05, 0) is 30.7 Å². The van der Waals surface area contributed by atoms with Crippen LogP contribution < -0.4 is 0 Å². The van der Waals surface area contributed by atoms with E-state index >= 15 is 0 Å². The number of aryl methyl sites for hydroxylation is 1. The Morgan fingerprint density at radius 2 is 2.07 bits per heavy atom. The molecule has 1 rings (SSSR count). The Kier molecular flexibility index (Phi) is 3.39. The molecule has 1 aromatic rings. The molecule has 0 atom stereocenters. The van der Waals surface area contributed by atoms with Crippen molar-refractivity contribution in [2.75, 3.05) is 7.11 Å². The zero-order valence-corrected chi connectivity index (χ0v) is 8.74. The lowest BCUT2D eigenvalue weighted by Gasteiger charge is -2.04. The summed E-state index contributed by atoms with van der Waals surface area (Å²) in [5.41, 5.74) is 1.71. The van der Waals surface area contributed by atoms with Crippen molar-refractivity contribution in [2.45, 2.75) is 6.92 Å². The van der Waals surface area contributed by atoms with E-state index in [1.807, 2.05) is 0 Å². The molecule has 0 heterocycles. The molecular formula is C12H12O3. The summed E-state index contributed by atoms with van der Waals surface area (Å²) in [6.45, 7) is 5.16. The zero-order chi connectivity index (χ0) is 11.4. The number of hydrogen-bond donors (Lipinski definition) is 0. The zero-order valence-electron chi connectivity index (χ0n) is 8.74. The fourth-order valence-electron chi connectivity index (χ4n) is 1.27. The van der Waals surface area contributed by atoms with Gasteiger partial charge in [0, 0.05) is 5.56 Å². The Bertz CT molecular complexity index is 419. The molecule has 0 aromatic heterocycles. The van der Waals surface area contributed by atoms with Gasteiger partial charge in [0.1, 0.15) is 0 Å². The number of benzene rings is 1. The molecule has 0 aliphatic heterocycles. The monoisotopic (exact) mass is 204 g/mol. The molecule has 3 heteroatoms. The maximum absolute atomic E-state index is 11.3. The fourth-order valence-corrected chi connectivity index (χ4v) is 1.27. The summed E-state index contributed by atoms with van der Waals surface area (Å²) < 4.78 is 4.60. The third-order valence-electron chi connectivity index (χ3n) is 2.10. The lowest BCUT2D eigenvalue weighted by atomic mass is 10.0. The second-order valence-corrected chi connectivity index (χ2v) is 3.09. The van der Waals surface area contributed by atoms with E-state index in [2.05, 4.69) is 11.3 Å². The highest BCUT2D eigenvalue weighted by Gasteiger charge is 2.10. The first kappa shape index (κ1) is 11.2. The predicted octanol–water partition coefficient (Wildman–Crippen LogP) is 2.15. The van der Waals surface area contributed by atoms with Crippen molar-refractivity contribution >= 4 is 11.8 Å². The van der Waals surface area contributed by atoms with Gasteiger partial charge in [-0.25, -0.2) is 4.79 Å². The first-order valence-electron chi connectivity index (χ1n) is 4.46. The van der Waals surface area contributed by atoms with Crippen molar-refractivity contribution in [3.8, 4) is 0 Å². The van der Waals surface area contributed by atoms with Gasteiger partial charge < -0.3 is 4.74 Å². The average Bonchev–Trinajstić information content (AvgIpc) is 2.26. The first-order valence-corrected chi connectivity index (χ1v) is 4.46. The van der Waals surface area contributed by atoms with Gasteiger partial charge in [0.15, 0.2) is 5.78 Å². The van der Waals surface area contributed by atoms with Gasteiger partial charge in [0.25, 0.3) is 0 Å². The second kappa shape index (κ2) is 4.55. The van der Waals surface area contributed by atoms with Crippen LogP contribution in [0.15, 0.2) is 30.9 Å². The first-order chi connectivity index (χ1) is 7.10. The highest BCUT2D eigenvalue weighted by molar-refractivity contribution is 6.05. The van der Waals surface area contributed by atoms with Gasteiger partial charge in [-0.2, -0.15) is 0 Å². The lowest BCUT2D eigenvalue weighted by molar-refractivity contribution is 0.0599. The number of allylic oxidation sites excluding steroid dienone is 1. The van der Waals surface area contributed by atoms with Gasteiger partial charge in [-0.3, -0.25) is 4.79 Å². The molecule has 3 nitrogen and oxygen atoms in total. The van der Waals surface area contributed by atoms with E-state index in [1.54, 1.807) is 25.1 Å². The van der Waals surface area contributed by atoms with Crippen LogP contribution in [0.3, 0.4) is 0 Å². The van der Waals surface area contributed by atoms with Crippen molar-refractivity contribution in [2.24, 2.45) is 0 Å². The summed E-state index contributed by atoms with van der Waals surface area (Å²) in [6, 6.07) is 4.82. The van der Waals surface area contributed by atoms with Crippen LogP contribution in [-0.4, -0.2) is 18.9 Å². The minimum absolute atomic E-state index is 0.158. The molecule has 15 heavy (non-hydrogen) atoms. The highest BCUT2D eigenvalue weighted by Crippen LogP contribution is 2.12. The van der Waals surface area contributed by atoms with Crippen molar-refractivity contribution in [1.82, 2.24) is 0 Å². The SMILES string of the molecule is C=CC(=O)c1ccc(C(=O)OC)c(C)c1. The number of esters is 1. The molecule has 0 spiro atoms. The Hall–Kier alpha value is -1.90. The number of rotatable bonds is 3. The molecule has 0 aliphatic rings. The van der Waals surface area contributed by atoms with Gasteiger partial charge >= 0.3 is 5.97 Å². The largest absolute Gasteiger partial charge is 0.465 e. The third kappa shape index (κ3) is 2.31. The molecule has 0 N–H and O–H groups in total. The molecule has 0 fully saturated rings. The predicted molar refractivity (Wildman–Crippen MR) is 57.0 cm³/mol.